The van der Waals surface area contributed by atoms with Gasteiger partial charge in [-0.15, -0.1) is 0 Å². The number of carbonyl (C=O) groups is 2. The number of amides is 2. The van der Waals surface area contributed by atoms with Crippen LogP contribution in [0.3, 0.4) is 0 Å². The molecule has 0 bridgehead atoms. The predicted molar refractivity (Wildman–Crippen MR) is 88.2 cm³/mol. The molecule has 0 atom stereocenters. The number of nitrogens with zero attached hydrogens (tertiary/aromatic N) is 1. The van der Waals surface area contributed by atoms with Gasteiger partial charge in [0.1, 0.15) is 11.3 Å². The number of anilines is 1. The minimum Gasteiger partial charge on any atom is -0.507 e. The Labute approximate surface area is 141 Å². The Bertz CT molecular complexity index is 832. The first-order chi connectivity index (χ1) is 11.0. The zero-order chi connectivity index (χ0) is 16.6. The number of aromatic hydroxyl groups is 1. The number of nitrogens with one attached hydrogen (secondary N) is 1. The smallest absolute Gasteiger partial charge is 0.282 e. The highest BCUT2D eigenvalue weighted by Gasteiger charge is 2.34. The van der Waals surface area contributed by atoms with Crippen molar-refractivity contribution in [2.75, 3.05) is 5.01 Å². The molecule has 0 unspecified atom stereocenters. The van der Waals surface area contributed by atoms with Crippen LogP contribution >= 0.6 is 23.2 Å². The fourth-order valence-corrected chi connectivity index (χ4v) is 2.43. The number of phenols is 1. The molecule has 3 rings (SSSR count). The lowest BCUT2D eigenvalue weighted by Crippen LogP contribution is -2.35. The van der Waals surface area contributed by atoms with E-state index in [0.29, 0.717) is 15.7 Å². The summed E-state index contributed by atoms with van der Waals surface area (Å²) < 4.78 is 0. The molecule has 1 heterocycles. The third kappa shape index (κ3) is 3.02. The van der Waals surface area contributed by atoms with Crippen LogP contribution in [-0.4, -0.2) is 16.9 Å². The Hall–Kier alpha value is -2.50. The molecule has 23 heavy (non-hydrogen) atoms. The van der Waals surface area contributed by atoms with Crippen molar-refractivity contribution >= 4 is 46.8 Å². The molecular formula is C16H10Cl2N2O3. The molecule has 0 radical (unpaired) electrons. The number of hydrogen-bond donors (Lipinski definition) is 2. The summed E-state index contributed by atoms with van der Waals surface area (Å²) in [6, 6.07) is 10.8. The summed E-state index contributed by atoms with van der Waals surface area (Å²) in [5, 5.41) is 11.8. The van der Waals surface area contributed by atoms with Crippen LogP contribution < -0.4 is 10.4 Å². The number of rotatable bonds is 2. The molecule has 2 N–H and O–H groups in total. The highest BCUT2D eigenvalue weighted by molar-refractivity contribution is 6.33. The van der Waals surface area contributed by atoms with Crippen molar-refractivity contribution in [3.8, 4) is 5.75 Å². The Morgan fingerprint density at radius 3 is 2.35 bits per heavy atom. The third-order valence-corrected chi connectivity index (χ3v) is 3.75. The Morgan fingerprint density at radius 2 is 1.65 bits per heavy atom. The summed E-state index contributed by atoms with van der Waals surface area (Å²) in [6.07, 6.45) is 1.30. The first-order valence-corrected chi connectivity index (χ1v) is 7.32. The second-order valence-corrected chi connectivity index (χ2v) is 5.69. The predicted octanol–water partition coefficient (Wildman–Crippen LogP) is 3.16. The van der Waals surface area contributed by atoms with Gasteiger partial charge < -0.3 is 5.11 Å². The normalized spacial score (nSPS) is 16.1. The first-order valence-electron chi connectivity index (χ1n) is 6.57. The third-order valence-electron chi connectivity index (χ3n) is 3.27. The molecule has 0 saturated carbocycles. The van der Waals surface area contributed by atoms with Gasteiger partial charge in [-0.2, -0.15) is 0 Å². The second kappa shape index (κ2) is 5.95. The summed E-state index contributed by atoms with van der Waals surface area (Å²) in [5.74, 6) is -1.17. The molecule has 2 aromatic carbocycles. The lowest BCUT2D eigenvalue weighted by molar-refractivity contribution is -0.117. The van der Waals surface area contributed by atoms with E-state index in [2.05, 4.69) is 5.43 Å². The van der Waals surface area contributed by atoms with Crippen LogP contribution in [0.2, 0.25) is 10.0 Å². The fourth-order valence-electron chi connectivity index (χ4n) is 2.13. The molecule has 0 aromatic heterocycles. The van der Waals surface area contributed by atoms with Crippen LogP contribution in [0.15, 0.2) is 48.0 Å². The molecule has 1 aliphatic rings. The highest BCUT2D eigenvalue weighted by Crippen LogP contribution is 2.27. The van der Waals surface area contributed by atoms with Crippen LogP contribution in [0, 0.1) is 0 Å². The van der Waals surface area contributed by atoms with Crippen molar-refractivity contribution in [2.45, 2.75) is 0 Å². The molecule has 0 spiro atoms. The zero-order valence-electron chi connectivity index (χ0n) is 11.6. The Morgan fingerprint density at radius 1 is 1.00 bits per heavy atom. The van der Waals surface area contributed by atoms with E-state index < -0.39 is 11.8 Å². The molecule has 2 amide bonds. The topological polar surface area (TPSA) is 69.6 Å². The van der Waals surface area contributed by atoms with E-state index in [1.807, 2.05) is 0 Å². The average Bonchev–Trinajstić information content (AvgIpc) is 2.80. The molecular weight excluding hydrogens is 339 g/mol. The summed E-state index contributed by atoms with van der Waals surface area (Å²) in [5.41, 5.74) is 3.13. The number of phenolic OH excluding ortho intramolecular Hbond substituents is 1. The molecule has 7 heteroatoms. The SMILES string of the molecule is O=C1NN(c2ccc(Cl)cc2)C(=O)/C1=C/c1cc(Cl)ccc1O. The van der Waals surface area contributed by atoms with Crippen molar-refractivity contribution in [3.63, 3.8) is 0 Å². The lowest BCUT2D eigenvalue weighted by atomic mass is 10.1. The van der Waals surface area contributed by atoms with E-state index >= 15 is 0 Å². The van der Waals surface area contributed by atoms with Gasteiger partial charge in [0.2, 0.25) is 0 Å². The monoisotopic (exact) mass is 348 g/mol. The van der Waals surface area contributed by atoms with Crippen molar-refractivity contribution in [2.24, 2.45) is 0 Å². The Balaban J connectivity index is 1.97. The summed E-state index contributed by atoms with van der Waals surface area (Å²) in [4.78, 5) is 24.5. The number of hydrazine groups is 1. The van der Waals surface area contributed by atoms with Crippen LogP contribution in [0.25, 0.3) is 6.08 Å². The maximum Gasteiger partial charge on any atom is 0.282 e. The number of carbonyl (C=O) groups excluding carboxylic acids is 2. The lowest BCUT2D eigenvalue weighted by Gasteiger charge is -2.14. The largest absolute Gasteiger partial charge is 0.507 e. The highest BCUT2D eigenvalue weighted by atomic mass is 35.5. The minimum atomic E-state index is -0.565. The van der Waals surface area contributed by atoms with Gasteiger partial charge in [0.05, 0.1) is 5.69 Å². The summed E-state index contributed by atoms with van der Waals surface area (Å²) >= 11 is 11.7. The van der Waals surface area contributed by atoms with Gasteiger partial charge in [-0.05, 0) is 48.5 Å². The van der Waals surface area contributed by atoms with Crippen molar-refractivity contribution in [1.82, 2.24) is 5.43 Å². The molecule has 2 aromatic rings. The van der Waals surface area contributed by atoms with Gasteiger partial charge in [0, 0.05) is 15.6 Å². The van der Waals surface area contributed by atoms with Gasteiger partial charge in [-0.1, -0.05) is 23.2 Å². The maximum atomic E-state index is 12.4. The van der Waals surface area contributed by atoms with Crippen LogP contribution in [0.1, 0.15) is 5.56 Å². The minimum absolute atomic E-state index is 0.0764. The van der Waals surface area contributed by atoms with E-state index in [1.54, 1.807) is 24.3 Å². The van der Waals surface area contributed by atoms with Gasteiger partial charge >= 0.3 is 0 Å². The van der Waals surface area contributed by atoms with E-state index in [1.165, 1.54) is 24.3 Å². The van der Waals surface area contributed by atoms with E-state index in [0.717, 1.165) is 5.01 Å². The first kappa shape index (κ1) is 15.4. The van der Waals surface area contributed by atoms with Crippen molar-refractivity contribution < 1.29 is 14.7 Å². The number of halogens is 2. The molecule has 116 valence electrons. The number of benzene rings is 2. The molecule has 1 aliphatic heterocycles. The zero-order valence-corrected chi connectivity index (χ0v) is 13.1. The van der Waals surface area contributed by atoms with E-state index in [9.17, 15) is 14.7 Å². The van der Waals surface area contributed by atoms with Gasteiger partial charge in [0.15, 0.2) is 0 Å². The van der Waals surface area contributed by atoms with Crippen molar-refractivity contribution in [3.05, 3.63) is 63.6 Å². The van der Waals surface area contributed by atoms with Crippen LogP contribution in [-0.2, 0) is 9.59 Å². The van der Waals surface area contributed by atoms with Crippen LogP contribution in [0.5, 0.6) is 5.75 Å². The quantitative estimate of drug-likeness (QED) is 0.646. The fraction of sp³-hybridized carbons (Fsp3) is 0. The van der Waals surface area contributed by atoms with E-state index in [-0.39, 0.29) is 16.9 Å². The van der Waals surface area contributed by atoms with Gasteiger partial charge in [-0.3, -0.25) is 15.0 Å². The Kier molecular flexibility index (Phi) is 3.98. The second-order valence-electron chi connectivity index (χ2n) is 4.82. The summed E-state index contributed by atoms with van der Waals surface area (Å²) in [7, 11) is 0. The molecule has 5 nitrogen and oxygen atoms in total. The average molecular weight is 349 g/mol. The number of hydrogen-bond acceptors (Lipinski definition) is 3. The standard InChI is InChI=1S/C16H10Cl2N2O3/c17-10-1-4-12(5-2-10)20-16(23)13(15(22)19-20)8-9-7-11(18)3-6-14(9)21/h1-8,21H,(H,19,22)/b13-8+. The maximum absolute atomic E-state index is 12.4. The molecule has 1 saturated heterocycles. The molecule has 1 fully saturated rings. The van der Waals surface area contributed by atoms with Crippen LogP contribution in [0.4, 0.5) is 5.69 Å². The van der Waals surface area contributed by atoms with Gasteiger partial charge in [0.25, 0.3) is 11.8 Å². The summed E-state index contributed by atoms with van der Waals surface area (Å²) in [6.45, 7) is 0. The molecule has 0 aliphatic carbocycles. The van der Waals surface area contributed by atoms with E-state index in [4.69, 9.17) is 23.2 Å². The van der Waals surface area contributed by atoms with Gasteiger partial charge in [-0.25, -0.2) is 5.01 Å². The van der Waals surface area contributed by atoms with Crippen molar-refractivity contribution in [1.29, 1.82) is 0 Å².